The van der Waals surface area contributed by atoms with Crippen LogP contribution in [0.2, 0.25) is 0 Å². The van der Waals surface area contributed by atoms with Gasteiger partial charge in [0.1, 0.15) is 0 Å². The van der Waals surface area contributed by atoms with E-state index in [0.29, 0.717) is 6.04 Å². The Balaban J connectivity index is 1.66. The molecule has 0 spiro atoms. The van der Waals surface area contributed by atoms with Gasteiger partial charge < -0.3 is 10.6 Å². The predicted octanol–water partition coefficient (Wildman–Crippen LogP) is 3.23. The van der Waals surface area contributed by atoms with Crippen molar-refractivity contribution >= 4 is 5.96 Å². The van der Waals surface area contributed by atoms with Gasteiger partial charge in [-0.15, -0.1) is 0 Å². The molecule has 2 aliphatic carbocycles. The Hall–Kier alpha value is -0.990. The summed E-state index contributed by atoms with van der Waals surface area (Å²) in [4.78, 5) is 4.70. The standard InChI is InChI=1S/C16H29N3/c1-2-17-16(19-15-11-5-6-12-15)18-13-7-10-14-8-3-4-9-14/h5-6,14-15H,2-4,7-13H2,1H3,(H2,17,18,19). The lowest BCUT2D eigenvalue weighted by molar-refractivity contribution is 0.487. The van der Waals surface area contributed by atoms with E-state index < -0.39 is 0 Å². The van der Waals surface area contributed by atoms with E-state index in [9.17, 15) is 0 Å². The lowest BCUT2D eigenvalue weighted by atomic mass is 10.0. The summed E-state index contributed by atoms with van der Waals surface area (Å²) in [6, 6.07) is 0.549. The van der Waals surface area contributed by atoms with Crippen LogP contribution in [-0.4, -0.2) is 25.1 Å². The molecular weight excluding hydrogens is 234 g/mol. The Morgan fingerprint density at radius 2 is 1.95 bits per heavy atom. The average molecular weight is 263 g/mol. The normalized spacial score (nSPS) is 21.2. The Morgan fingerprint density at radius 1 is 1.21 bits per heavy atom. The van der Waals surface area contributed by atoms with E-state index in [2.05, 4.69) is 29.7 Å². The molecule has 0 aromatic carbocycles. The van der Waals surface area contributed by atoms with Crippen molar-refractivity contribution in [2.75, 3.05) is 13.1 Å². The van der Waals surface area contributed by atoms with E-state index in [1.807, 2.05) is 0 Å². The molecule has 0 heterocycles. The number of hydrogen-bond donors (Lipinski definition) is 2. The molecule has 0 unspecified atom stereocenters. The van der Waals surface area contributed by atoms with Crippen molar-refractivity contribution < 1.29 is 0 Å². The second kappa shape index (κ2) is 8.23. The fourth-order valence-corrected chi connectivity index (χ4v) is 3.12. The van der Waals surface area contributed by atoms with Crippen molar-refractivity contribution in [3.63, 3.8) is 0 Å². The molecule has 0 saturated heterocycles. The van der Waals surface area contributed by atoms with Crippen molar-refractivity contribution in [1.82, 2.24) is 10.6 Å². The fourth-order valence-electron chi connectivity index (χ4n) is 3.12. The van der Waals surface area contributed by atoms with E-state index >= 15 is 0 Å². The van der Waals surface area contributed by atoms with Gasteiger partial charge in [0.05, 0.1) is 0 Å². The number of aliphatic imine (C=N–C) groups is 1. The van der Waals surface area contributed by atoms with Crippen molar-refractivity contribution in [3.05, 3.63) is 12.2 Å². The van der Waals surface area contributed by atoms with Gasteiger partial charge in [0.2, 0.25) is 0 Å². The van der Waals surface area contributed by atoms with Crippen molar-refractivity contribution in [3.8, 4) is 0 Å². The molecule has 0 aromatic rings. The molecule has 0 aliphatic heterocycles. The summed E-state index contributed by atoms with van der Waals surface area (Å²) in [6.45, 7) is 4.03. The molecule has 2 N–H and O–H groups in total. The second-order valence-corrected chi connectivity index (χ2v) is 5.84. The highest BCUT2D eigenvalue weighted by atomic mass is 15.2. The summed E-state index contributed by atoms with van der Waals surface area (Å²) < 4.78 is 0. The predicted molar refractivity (Wildman–Crippen MR) is 82.5 cm³/mol. The summed E-state index contributed by atoms with van der Waals surface area (Å²) in [6.07, 6.45) is 15.2. The maximum absolute atomic E-state index is 4.70. The number of rotatable bonds is 6. The third-order valence-electron chi connectivity index (χ3n) is 4.21. The zero-order valence-corrected chi connectivity index (χ0v) is 12.3. The molecule has 2 rings (SSSR count). The molecule has 0 amide bonds. The molecule has 2 aliphatic rings. The largest absolute Gasteiger partial charge is 0.357 e. The molecule has 108 valence electrons. The van der Waals surface area contributed by atoms with Crippen molar-refractivity contribution in [2.24, 2.45) is 10.9 Å². The highest BCUT2D eigenvalue weighted by Crippen LogP contribution is 2.28. The number of nitrogens with zero attached hydrogens (tertiary/aromatic N) is 1. The zero-order valence-electron chi connectivity index (χ0n) is 12.3. The van der Waals surface area contributed by atoms with Crippen LogP contribution in [0.4, 0.5) is 0 Å². The van der Waals surface area contributed by atoms with Crippen LogP contribution in [0.5, 0.6) is 0 Å². The Labute approximate surface area is 118 Å². The van der Waals surface area contributed by atoms with E-state index in [0.717, 1.165) is 37.8 Å². The topological polar surface area (TPSA) is 36.4 Å². The summed E-state index contributed by atoms with van der Waals surface area (Å²) in [5.74, 6) is 1.99. The number of nitrogens with one attached hydrogen (secondary N) is 2. The second-order valence-electron chi connectivity index (χ2n) is 5.84. The van der Waals surface area contributed by atoms with Crippen LogP contribution in [0.25, 0.3) is 0 Å². The monoisotopic (exact) mass is 263 g/mol. The molecule has 19 heavy (non-hydrogen) atoms. The molecule has 0 atom stereocenters. The third kappa shape index (κ3) is 5.25. The highest BCUT2D eigenvalue weighted by Gasteiger charge is 2.14. The average Bonchev–Trinajstić information content (AvgIpc) is 3.08. The van der Waals surface area contributed by atoms with E-state index in [-0.39, 0.29) is 0 Å². The van der Waals surface area contributed by atoms with E-state index in [1.165, 1.54) is 38.5 Å². The first kappa shape index (κ1) is 14.4. The number of guanidine groups is 1. The molecule has 1 fully saturated rings. The molecular formula is C16H29N3. The van der Waals surface area contributed by atoms with Crippen LogP contribution < -0.4 is 10.6 Å². The van der Waals surface area contributed by atoms with Crippen LogP contribution >= 0.6 is 0 Å². The molecule has 1 saturated carbocycles. The molecule has 0 radical (unpaired) electrons. The quantitative estimate of drug-likeness (QED) is 0.334. The molecule has 0 bridgehead atoms. The molecule has 0 aromatic heterocycles. The lowest BCUT2D eigenvalue weighted by Crippen LogP contribution is -2.42. The van der Waals surface area contributed by atoms with E-state index in [4.69, 9.17) is 4.99 Å². The smallest absolute Gasteiger partial charge is 0.191 e. The first-order valence-corrected chi connectivity index (χ1v) is 8.08. The minimum Gasteiger partial charge on any atom is -0.357 e. The van der Waals surface area contributed by atoms with Gasteiger partial charge in [0.15, 0.2) is 5.96 Å². The van der Waals surface area contributed by atoms with Gasteiger partial charge in [0.25, 0.3) is 0 Å². The summed E-state index contributed by atoms with van der Waals surface area (Å²) in [5, 5.41) is 6.87. The lowest BCUT2D eigenvalue weighted by Gasteiger charge is -2.16. The number of hydrogen-bond acceptors (Lipinski definition) is 1. The fraction of sp³-hybridized carbons (Fsp3) is 0.812. The maximum Gasteiger partial charge on any atom is 0.191 e. The van der Waals surface area contributed by atoms with Crippen molar-refractivity contribution in [2.45, 2.75) is 64.3 Å². The Bertz CT molecular complexity index is 295. The van der Waals surface area contributed by atoms with Crippen LogP contribution in [0.1, 0.15) is 58.3 Å². The maximum atomic E-state index is 4.70. The Kier molecular flexibility index (Phi) is 6.25. The van der Waals surface area contributed by atoms with Crippen LogP contribution in [0, 0.1) is 5.92 Å². The first-order valence-electron chi connectivity index (χ1n) is 8.08. The summed E-state index contributed by atoms with van der Waals surface area (Å²) in [7, 11) is 0. The van der Waals surface area contributed by atoms with Gasteiger partial charge in [0, 0.05) is 19.1 Å². The third-order valence-corrected chi connectivity index (χ3v) is 4.21. The van der Waals surface area contributed by atoms with Gasteiger partial charge in [-0.05, 0) is 38.5 Å². The zero-order chi connectivity index (χ0) is 13.3. The highest BCUT2D eigenvalue weighted by molar-refractivity contribution is 5.80. The van der Waals surface area contributed by atoms with Gasteiger partial charge in [-0.1, -0.05) is 37.8 Å². The SMILES string of the molecule is CCNC(=NCCCC1CCCC1)NC1CC=CC1. The first-order chi connectivity index (χ1) is 9.38. The molecule has 3 nitrogen and oxygen atoms in total. The van der Waals surface area contributed by atoms with Gasteiger partial charge in [-0.3, -0.25) is 4.99 Å². The van der Waals surface area contributed by atoms with Gasteiger partial charge in [-0.25, -0.2) is 0 Å². The minimum atomic E-state index is 0.549. The van der Waals surface area contributed by atoms with Crippen molar-refractivity contribution in [1.29, 1.82) is 0 Å². The minimum absolute atomic E-state index is 0.549. The molecule has 3 heteroatoms. The van der Waals surface area contributed by atoms with Gasteiger partial charge >= 0.3 is 0 Å². The summed E-state index contributed by atoms with van der Waals surface area (Å²) in [5.41, 5.74) is 0. The van der Waals surface area contributed by atoms with Gasteiger partial charge in [-0.2, -0.15) is 0 Å². The van der Waals surface area contributed by atoms with Crippen LogP contribution in [-0.2, 0) is 0 Å². The Morgan fingerprint density at radius 3 is 2.63 bits per heavy atom. The van der Waals surface area contributed by atoms with E-state index in [1.54, 1.807) is 0 Å². The van der Waals surface area contributed by atoms with Crippen LogP contribution in [0.15, 0.2) is 17.1 Å². The summed E-state index contributed by atoms with van der Waals surface area (Å²) >= 11 is 0. The van der Waals surface area contributed by atoms with Crippen LogP contribution in [0.3, 0.4) is 0 Å².